The lowest BCUT2D eigenvalue weighted by Crippen LogP contribution is -2.40. The van der Waals surface area contributed by atoms with E-state index in [0.717, 1.165) is 11.3 Å². The Labute approximate surface area is 206 Å². The third kappa shape index (κ3) is 6.41. The van der Waals surface area contributed by atoms with E-state index in [1.807, 2.05) is 72.5 Å². The minimum Gasteiger partial charge on any atom is -0.490 e. The lowest BCUT2D eigenvalue weighted by Gasteiger charge is -2.31. The number of likely N-dealkylation sites (tertiary alicyclic amines) is 1. The molecule has 0 unspecified atom stereocenters. The molecule has 0 spiro atoms. The summed E-state index contributed by atoms with van der Waals surface area (Å²) in [5.74, 6) is 1.95. The molecule has 1 fully saturated rings. The average molecular weight is 474 g/mol. The van der Waals surface area contributed by atoms with Gasteiger partial charge < -0.3 is 19.1 Å². The number of hydrogen-bond donors (Lipinski definition) is 0. The SMILES string of the molecule is CCOc1cc(C(=O)N2CCC(C(=O)c3ccccc3)CC2)ccc1OCCOc1ccccc1. The summed E-state index contributed by atoms with van der Waals surface area (Å²) in [4.78, 5) is 27.7. The first kappa shape index (κ1) is 24.3. The van der Waals surface area contributed by atoms with Gasteiger partial charge in [0, 0.05) is 30.1 Å². The quantitative estimate of drug-likeness (QED) is 0.296. The van der Waals surface area contributed by atoms with Gasteiger partial charge in [0.25, 0.3) is 5.91 Å². The number of rotatable bonds is 10. The van der Waals surface area contributed by atoms with Crippen molar-refractivity contribution < 1.29 is 23.8 Å². The van der Waals surface area contributed by atoms with Crippen molar-refractivity contribution in [1.29, 1.82) is 0 Å². The molecule has 182 valence electrons. The molecular weight excluding hydrogens is 442 g/mol. The van der Waals surface area contributed by atoms with Gasteiger partial charge >= 0.3 is 0 Å². The van der Waals surface area contributed by atoms with Gasteiger partial charge in [0.15, 0.2) is 17.3 Å². The summed E-state index contributed by atoms with van der Waals surface area (Å²) in [5.41, 5.74) is 1.29. The molecule has 6 heteroatoms. The van der Waals surface area contributed by atoms with Gasteiger partial charge in [-0.15, -0.1) is 0 Å². The Kier molecular flexibility index (Phi) is 8.39. The molecule has 4 rings (SSSR count). The number of benzene rings is 3. The van der Waals surface area contributed by atoms with Crippen LogP contribution in [0, 0.1) is 5.92 Å². The fourth-order valence-electron chi connectivity index (χ4n) is 4.22. The van der Waals surface area contributed by atoms with Gasteiger partial charge in [0.2, 0.25) is 0 Å². The summed E-state index contributed by atoms with van der Waals surface area (Å²) in [7, 11) is 0. The van der Waals surface area contributed by atoms with Crippen LogP contribution in [-0.2, 0) is 0 Å². The Balaban J connectivity index is 1.33. The van der Waals surface area contributed by atoms with Crippen molar-refractivity contribution in [2.45, 2.75) is 19.8 Å². The Bertz CT molecular complexity index is 1110. The standard InChI is InChI=1S/C29H31NO5/c1-2-33-27-21-24(13-14-26(27)35-20-19-34-25-11-7-4-8-12-25)29(32)30-17-15-23(16-18-30)28(31)22-9-5-3-6-10-22/h3-14,21,23H,2,15-20H2,1H3. The van der Waals surface area contributed by atoms with E-state index in [-0.39, 0.29) is 17.6 Å². The topological polar surface area (TPSA) is 65.1 Å². The Morgan fingerprint density at radius 3 is 2.11 bits per heavy atom. The summed E-state index contributed by atoms with van der Waals surface area (Å²) in [6.07, 6.45) is 1.33. The Hall–Kier alpha value is -3.80. The van der Waals surface area contributed by atoms with Crippen LogP contribution in [0.1, 0.15) is 40.5 Å². The first-order valence-corrected chi connectivity index (χ1v) is 12.1. The second kappa shape index (κ2) is 12.1. The Morgan fingerprint density at radius 2 is 1.43 bits per heavy atom. The third-order valence-electron chi connectivity index (χ3n) is 6.05. The summed E-state index contributed by atoms with van der Waals surface area (Å²) >= 11 is 0. The fourth-order valence-corrected chi connectivity index (χ4v) is 4.22. The molecule has 1 heterocycles. The number of amides is 1. The van der Waals surface area contributed by atoms with Gasteiger partial charge in [0.1, 0.15) is 19.0 Å². The zero-order valence-corrected chi connectivity index (χ0v) is 20.0. The minimum atomic E-state index is -0.0597. The van der Waals surface area contributed by atoms with E-state index in [1.54, 1.807) is 18.2 Å². The highest BCUT2D eigenvalue weighted by Crippen LogP contribution is 2.30. The number of ether oxygens (including phenoxy) is 3. The van der Waals surface area contributed by atoms with Crippen molar-refractivity contribution in [3.63, 3.8) is 0 Å². The molecule has 6 nitrogen and oxygen atoms in total. The lowest BCUT2D eigenvalue weighted by molar-refractivity contribution is 0.0650. The zero-order valence-electron chi connectivity index (χ0n) is 20.0. The van der Waals surface area contributed by atoms with Crippen LogP contribution in [0.15, 0.2) is 78.9 Å². The molecule has 35 heavy (non-hydrogen) atoms. The third-order valence-corrected chi connectivity index (χ3v) is 6.05. The van der Waals surface area contributed by atoms with Crippen LogP contribution in [0.3, 0.4) is 0 Å². The molecule has 0 radical (unpaired) electrons. The van der Waals surface area contributed by atoms with Gasteiger partial charge in [0.05, 0.1) is 6.61 Å². The maximum Gasteiger partial charge on any atom is 0.253 e. The summed E-state index contributed by atoms with van der Waals surface area (Å²) < 4.78 is 17.3. The monoisotopic (exact) mass is 473 g/mol. The van der Waals surface area contributed by atoms with Crippen LogP contribution in [0.4, 0.5) is 0 Å². The van der Waals surface area contributed by atoms with Gasteiger partial charge in [-0.3, -0.25) is 9.59 Å². The number of carbonyl (C=O) groups excluding carboxylic acids is 2. The van der Waals surface area contributed by atoms with Crippen LogP contribution in [-0.4, -0.2) is 49.5 Å². The molecular formula is C29H31NO5. The molecule has 1 amide bonds. The van der Waals surface area contributed by atoms with E-state index >= 15 is 0 Å². The van der Waals surface area contributed by atoms with E-state index in [0.29, 0.717) is 62.8 Å². The number of piperidine rings is 1. The molecule has 0 atom stereocenters. The maximum atomic E-state index is 13.2. The molecule has 1 aliphatic heterocycles. The number of ketones is 1. The van der Waals surface area contributed by atoms with Crippen LogP contribution < -0.4 is 14.2 Å². The number of nitrogens with zero attached hydrogens (tertiary/aromatic N) is 1. The van der Waals surface area contributed by atoms with Gasteiger partial charge in [-0.1, -0.05) is 48.5 Å². The van der Waals surface area contributed by atoms with Gasteiger partial charge in [-0.05, 0) is 50.1 Å². The lowest BCUT2D eigenvalue weighted by atomic mass is 9.88. The minimum absolute atomic E-state index is 0.0469. The van der Waals surface area contributed by atoms with Crippen LogP contribution in [0.25, 0.3) is 0 Å². The number of hydrogen-bond acceptors (Lipinski definition) is 5. The Morgan fingerprint density at radius 1 is 0.771 bits per heavy atom. The molecule has 0 N–H and O–H groups in total. The van der Waals surface area contributed by atoms with E-state index in [1.165, 1.54) is 0 Å². The number of carbonyl (C=O) groups is 2. The van der Waals surface area contributed by atoms with E-state index in [2.05, 4.69) is 0 Å². The maximum absolute atomic E-state index is 13.2. The smallest absolute Gasteiger partial charge is 0.253 e. The van der Waals surface area contributed by atoms with Crippen LogP contribution in [0.5, 0.6) is 17.2 Å². The van der Waals surface area contributed by atoms with Crippen molar-refractivity contribution in [2.24, 2.45) is 5.92 Å². The van der Waals surface area contributed by atoms with Crippen molar-refractivity contribution in [3.8, 4) is 17.2 Å². The molecule has 3 aromatic rings. The average Bonchev–Trinajstić information content (AvgIpc) is 2.92. The van der Waals surface area contributed by atoms with Crippen molar-refractivity contribution in [1.82, 2.24) is 4.90 Å². The summed E-state index contributed by atoms with van der Waals surface area (Å²) in [6, 6.07) is 24.2. The van der Waals surface area contributed by atoms with E-state index in [9.17, 15) is 9.59 Å². The number of Topliss-reactive ketones (excluding diaryl/α,β-unsaturated/α-hetero) is 1. The van der Waals surface area contributed by atoms with E-state index < -0.39 is 0 Å². The molecule has 1 saturated heterocycles. The van der Waals surface area contributed by atoms with E-state index in [4.69, 9.17) is 14.2 Å². The molecule has 0 bridgehead atoms. The number of para-hydroxylation sites is 1. The molecule has 1 aliphatic rings. The van der Waals surface area contributed by atoms with Gasteiger partial charge in [-0.25, -0.2) is 0 Å². The highest BCUT2D eigenvalue weighted by atomic mass is 16.5. The predicted octanol–water partition coefficient (Wildman–Crippen LogP) is 5.28. The zero-order chi connectivity index (χ0) is 24.5. The highest BCUT2D eigenvalue weighted by molar-refractivity contribution is 5.98. The van der Waals surface area contributed by atoms with Crippen LogP contribution >= 0.6 is 0 Å². The summed E-state index contributed by atoms with van der Waals surface area (Å²) in [6.45, 7) is 4.22. The first-order chi connectivity index (χ1) is 17.2. The first-order valence-electron chi connectivity index (χ1n) is 12.1. The van der Waals surface area contributed by atoms with Crippen molar-refractivity contribution >= 4 is 11.7 Å². The van der Waals surface area contributed by atoms with Crippen molar-refractivity contribution in [3.05, 3.63) is 90.0 Å². The molecule has 0 saturated carbocycles. The normalized spacial score (nSPS) is 13.8. The fraction of sp³-hybridized carbons (Fsp3) is 0.310. The highest BCUT2D eigenvalue weighted by Gasteiger charge is 2.28. The molecule has 0 aliphatic carbocycles. The summed E-state index contributed by atoms with van der Waals surface area (Å²) in [5, 5.41) is 0. The van der Waals surface area contributed by atoms with Crippen molar-refractivity contribution in [2.75, 3.05) is 32.9 Å². The second-order valence-corrected chi connectivity index (χ2v) is 8.40. The second-order valence-electron chi connectivity index (χ2n) is 8.40. The predicted molar refractivity (Wildman–Crippen MR) is 134 cm³/mol. The molecule has 0 aromatic heterocycles. The van der Waals surface area contributed by atoms with Gasteiger partial charge in [-0.2, -0.15) is 0 Å². The van der Waals surface area contributed by atoms with Crippen LogP contribution in [0.2, 0.25) is 0 Å². The largest absolute Gasteiger partial charge is 0.490 e. The molecule has 3 aromatic carbocycles.